The Hall–Kier alpha value is -1.43. The van der Waals surface area contributed by atoms with Gasteiger partial charge in [-0.2, -0.15) is 0 Å². The summed E-state index contributed by atoms with van der Waals surface area (Å²) in [6, 6.07) is 12.7. The third-order valence-corrected chi connectivity index (χ3v) is 4.10. The Bertz CT molecular complexity index is 647. The molecule has 0 aliphatic heterocycles. The molecule has 4 nitrogen and oxygen atoms in total. The average Bonchev–Trinajstić information content (AvgIpc) is 2.46. The van der Waals surface area contributed by atoms with Crippen LogP contribution >= 0.6 is 27.5 Å². The maximum absolute atomic E-state index is 10.7. The number of nitro benzene ring substituents is 1. The highest BCUT2D eigenvalue weighted by Gasteiger charge is 2.10. The minimum atomic E-state index is -0.451. The fourth-order valence-electron chi connectivity index (χ4n) is 1.93. The van der Waals surface area contributed by atoms with Gasteiger partial charge in [0.1, 0.15) is 0 Å². The third kappa shape index (κ3) is 4.27. The number of hydrogen-bond acceptors (Lipinski definition) is 3. The molecule has 2 aromatic rings. The molecule has 0 saturated carbocycles. The summed E-state index contributed by atoms with van der Waals surface area (Å²) in [5.41, 5.74) is 2.01. The van der Waals surface area contributed by atoms with Crippen molar-refractivity contribution in [3.05, 3.63) is 73.2 Å². The fourth-order valence-corrected chi connectivity index (χ4v) is 2.43. The van der Waals surface area contributed by atoms with Crippen LogP contribution in [0.15, 0.2) is 46.9 Å². The molecule has 0 aliphatic rings. The van der Waals surface area contributed by atoms with Gasteiger partial charge in [-0.15, -0.1) is 0 Å². The van der Waals surface area contributed by atoms with Crippen molar-refractivity contribution in [1.29, 1.82) is 0 Å². The Morgan fingerprint density at radius 2 is 1.95 bits per heavy atom. The maximum Gasteiger partial charge on any atom is 0.270 e. The largest absolute Gasteiger partial charge is 0.306 e. The second kappa shape index (κ2) is 7.02. The summed E-state index contributed by atoms with van der Waals surface area (Å²) in [4.78, 5) is 10.2. The van der Waals surface area contributed by atoms with Crippen molar-refractivity contribution in [2.75, 3.05) is 0 Å². The lowest BCUT2D eigenvalue weighted by molar-refractivity contribution is -0.384. The first-order valence-electron chi connectivity index (χ1n) is 6.39. The Morgan fingerprint density at radius 3 is 2.52 bits per heavy atom. The van der Waals surface area contributed by atoms with E-state index in [0.717, 1.165) is 15.6 Å². The molecular formula is C15H14BrClN2O2. The number of rotatable bonds is 5. The molecule has 0 bridgehead atoms. The van der Waals surface area contributed by atoms with Gasteiger partial charge >= 0.3 is 0 Å². The van der Waals surface area contributed by atoms with Crippen LogP contribution in [0.4, 0.5) is 5.69 Å². The Balaban J connectivity index is 2.02. The molecule has 1 unspecified atom stereocenters. The first-order chi connectivity index (χ1) is 9.97. The van der Waals surface area contributed by atoms with Crippen molar-refractivity contribution in [1.82, 2.24) is 5.32 Å². The van der Waals surface area contributed by atoms with Crippen LogP contribution in [0, 0.1) is 10.1 Å². The van der Waals surface area contributed by atoms with Crippen LogP contribution in [0.5, 0.6) is 0 Å². The normalized spacial score (nSPS) is 12.1. The number of halogens is 2. The van der Waals surface area contributed by atoms with Crippen LogP contribution in [0.1, 0.15) is 24.1 Å². The number of non-ortho nitro benzene ring substituents is 1. The van der Waals surface area contributed by atoms with Gasteiger partial charge in [0.05, 0.1) is 9.95 Å². The van der Waals surface area contributed by atoms with E-state index < -0.39 is 4.92 Å². The van der Waals surface area contributed by atoms with Crippen LogP contribution < -0.4 is 5.32 Å². The molecular weight excluding hydrogens is 356 g/mol. The van der Waals surface area contributed by atoms with E-state index >= 15 is 0 Å². The van der Waals surface area contributed by atoms with E-state index in [1.54, 1.807) is 6.07 Å². The van der Waals surface area contributed by atoms with Crippen LogP contribution in [-0.2, 0) is 6.54 Å². The zero-order chi connectivity index (χ0) is 15.4. The Labute approximate surface area is 136 Å². The maximum atomic E-state index is 10.7. The van der Waals surface area contributed by atoms with E-state index in [9.17, 15) is 10.1 Å². The van der Waals surface area contributed by atoms with Crippen molar-refractivity contribution < 1.29 is 4.92 Å². The van der Waals surface area contributed by atoms with Crippen molar-refractivity contribution in [2.24, 2.45) is 0 Å². The topological polar surface area (TPSA) is 55.2 Å². The molecule has 2 aromatic carbocycles. The number of nitro groups is 1. The van der Waals surface area contributed by atoms with Gasteiger partial charge < -0.3 is 5.32 Å². The Kier molecular flexibility index (Phi) is 5.33. The smallest absolute Gasteiger partial charge is 0.270 e. The lowest BCUT2D eigenvalue weighted by Crippen LogP contribution is -2.18. The summed E-state index contributed by atoms with van der Waals surface area (Å²) >= 11 is 9.48. The van der Waals surface area contributed by atoms with Crippen LogP contribution in [-0.4, -0.2) is 4.92 Å². The second-order valence-electron chi connectivity index (χ2n) is 4.69. The van der Waals surface area contributed by atoms with Crippen molar-refractivity contribution in [2.45, 2.75) is 19.5 Å². The van der Waals surface area contributed by atoms with Gasteiger partial charge in [-0.3, -0.25) is 10.1 Å². The van der Waals surface area contributed by atoms with Gasteiger partial charge in [-0.1, -0.05) is 39.7 Å². The number of hydrogen-bond donors (Lipinski definition) is 1. The van der Waals surface area contributed by atoms with Gasteiger partial charge in [-0.05, 0) is 36.2 Å². The first kappa shape index (κ1) is 15.9. The molecule has 0 saturated heterocycles. The predicted molar refractivity (Wildman–Crippen MR) is 87.5 cm³/mol. The third-order valence-electron chi connectivity index (χ3n) is 3.22. The summed E-state index contributed by atoms with van der Waals surface area (Å²) in [7, 11) is 0. The molecule has 0 spiro atoms. The highest BCUT2D eigenvalue weighted by molar-refractivity contribution is 9.10. The molecule has 0 amide bonds. The van der Waals surface area contributed by atoms with Crippen LogP contribution in [0.2, 0.25) is 5.02 Å². The van der Waals surface area contributed by atoms with E-state index in [1.165, 1.54) is 12.1 Å². The summed E-state index contributed by atoms with van der Waals surface area (Å²) in [5.74, 6) is 0. The average molecular weight is 370 g/mol. The number of nitrogens with one attached hydrogen (secondary N) is 1. The standard InChI is InChI=1S/C15H14BrClN2O2/c1-10(11-2-5-13(16)6-3-11)18-9-12-4-7-14(19(20)21)8-15(12)17/h2-8,10,18H,9H2,1H3. The zero-order valence-corrected chi connectivity index (χ0v) is 13.7. The van der Waals surface area contributed by atoms with E-state index in [2.05, 4.69) is 28.2 Å². The molecule has 1 N–H and O–H groups in total. The summed E-state index contributed by atoms with van der Waals surface area (Å²) < 4.78 is 1.04. The predicted octanol–water partition coefficient (Wildman–Crippen LogP) is 4.86. The van der Waals surface area contributed by atoms with Gasteiger partial charge in [0, 0.05) is 29.2 Å². The van der Waals surface area contributed by atoms with Gasteiger partial charge in [0.2, 0.25) is 0 Å². The van der Waals surface area contributed by atoms with Crippen molar-refractivity contribution >= 4 is 33.2 Å². The SMILES string of the molecule is CC(NCc1ccc([N+](=O)[O-])cc1Cl)c1ccc(Br)cc1. The lowest BCUT2D eigenvalue weighted by Gasteiger charge is -2.15. The van der Waals surface area contributed by atoms with Crippen molar-refractivity contribution in [3.8, 4) is 0 Å². The highest BCUT2D eigenvalue weighted by atomic mass is 79.9. The number of benzene rings is 2. The summed E-state index contributed by atoms with van der Waals surface area (Å²) in [5, 5.41) is 14.4. The second-order valence-corrected chi connectivity index (χ2v) is 6.01. The van der Waals surface area contributed by atoms with E-state index in [1.807, 2.05) is 24.3 Å². The van der Waals surface area contributed by atoms with E-state index in [-0.39, 0.29) is 11.7 Å². The molecule has 0 fully saturated rings. The first-order valence-corrected chi connectivity index (χ1v) is 7.56. The monoisotopic (exact) mass is 368 g/mol. The fraction of sp³-hybridized carbons (Fsp3) is 0.200. The molecule has 110 valence electrons. The van der Waals surface area contributed by atoms with E-state index in [0.29, 0.717) is 11.6 Å². The molecule has 0 radical (unpaired) electrons. The minimum Gasteiger partial charge on any atom is -0.306 e. The van der Waals surface area contributed by atoms with Crippen LogP contribution in [0.3, 0.4) is 0 Å². The van der Waals surface area contributed by atoms with Gasteiger partial charge in [0.15, 0.2) is 0 Å². The summed E-state index contributed by atoms with van der Waals surface area (Å²) in [6.45, 7) is 2.61. The molecule has 0 aliphatic carbocycles. The Morgan fingerprint density at radius 1 is 1.29 bits per heavy atom. The molecule has 0 heterocycles. The summed E-state index contributed by atoms with van der Waals surface area (Å²) in [6.07, 6.45) is 0. The molecule has 1 atom stereocenters. The van der Waals surface area contributed by atoms with Crippen LogP contribution in [0.25, 0.3) is 0 Å². The number of nitrogens with zero attached hydrogens (tertiary/aromatic N) is 1. The van der Waals surface area contributed by atoms with Gasteiger partial charge in [0.25, 0.3) is 5.69 Å². The molecule has 6 heteroatoms. The minimum absolute atomic E-state index is 0.00436. The molecule has 21 heavy (non-hydrogen) atoms. The quantitative estimate of drug-likeness (QED) is 0.605. The van der Waals surface area contributed by atoms with Gasteiger partial charge in [-0.25, -0.2) is 0 Å². The van der Waals surface area contributed by atoms with Crippen molar-refractivity contribution in [3.63, 3.8) is 0 Å². The molecule has 2 rings (SSSR count). The highest BCUT2D eigenvalue weighted by Crippen LogP contribution is 2.23. The zero-order valence-electron chi connectivity index (χ0n) is 11.3. The van der Waals surface area contributed by atoms with E-state index in [4.69, 9.17) is 11.6 Å². The lowest BCUT2D eigenvalue weighted by atomic mass is 10.1. The molecule has 0 aromatic heterocycles.